The lowest BCUT2D eigenvalue weighted by Crippen LogP contribution is -2.22. The Balaban J connectivity index is 2.85. The van der Waals surface area contributed by atoms with Crippen LogP contribution in [0.25, 0.3) is 0 Å². The van der Waals surface area contributed by atoms with Crippen LogP contribution < -0.4 is 5.32 Å². The summed E-state index contributed by atoms with van der Waals surface area (Å²) in [5, 5.41) is 1.07. The molecule has 1 nitrogen and oxygen atoms in total. The largest absolute Gasteiger partial charge is 0.265 e. The van der Waals surface area contributed by atoms with Gasteiger partial charge < -0.3 is 0 Å². The molecule has 3 heteroatoms. The molecule has 0 aliphatic carbocycles. The smallest absolute Gasteiger partial charge is 0.190 e. The first-order valence-electron chi connectivity index (χ1n) is 2.85. The van der Waals surface area contributed by atoms with Crippen molar-refractivity contribution < 1.29 is 0 Å². The van der Waals surface area contributed by atoms with Gasteiger partial charge in [-0.3, -0.25) is 4.98 Å². The Morgan fingerprint density at radius 1 is 1.56 bits per heavy atom. The van der Waals surface area contributed by atoms with E-state index < -0.39 is 8.11 Å². The number of hydrogen-bond acceptors (Lipinski definition) is 1. The van der Waals surface area contributed by atoms with Gasteiger partial charge in [-0.2, -0.15) is 11.1 Å². The molecule has 0 saturated carbocycles. The van der Waals surface area contributed by atoms with E-state index >= 15 is 0 Å². The van der Waals surface area contributed by atoms with Crippen molar-refractivity contribution in [2.75, 3.05) is 0 Å². The molecule has 0 radical (unpaired) electrons. The normalized spacial score (nSPS) is 13.1. The van der Waals surface area contributed by atoms with Gasteiger partial charge in [-0.25, -0.2) is 0 Å². The quantitative estimate of drug-likeness (QED) is 0.436. The third-order valence-corrected chi connectivity index (χ3v) is 2.92. The van der Waals surface area contributed by atoms with Crippen LogP contribution in [0, 0.1) is 0 Å². The van der Waals surface area contributed by atoms with E-state index in [0.717, 1.165) is 5.32 Å². The maximum Gasteiger partial charge on any atom is 0.190 e. The number of nitrogens with zero attached hydrogens (tertiary/aromatic N) is 1. The standard InChI is InChI=1S/C6H8ClNSi/c1-9(7)6-4-2-3-5-8-6/h2-5,9H,1H3. The van der Waals surface area contributed by atoms with Crippen molar-refractivity contribution in [2.45, 2.75) is 6.55 Å². The first-order chi connectivity index (χ1) is 4.30. The van der Waals surface area contributed by atoms with Crippen LogP contribution >= 0.6 is 11.1 Å². The van der Waals surface area contributed by atoms with E-state index in [2.05, 4.69) is 4.98 Å². The van der Waals surface area contributed by atoms with Crippen molar-refractivity contribution in [2.24, 2.45) is 0 Å². The highest BCUT2D eigenvalue weighted by molar-refractivity contribution is 7.13. The number of aromatic nitrogens is 1. The molecular weight excluding hydrogens is 150 g/mol. The van der Waals surface area contributed by atoms with Crippen molar-refractivity contribution in [1.29, 1.82) is 0 Å². The molecule has 1 atom stereocenters. The Labute approximate surface area is 61.0 Å². The van der Waals surface area contributed by atoms with Crippen molar-refractivity contribution in [3.05, 3.63) is 24.4 Å². The molecule has 1 unspecified atom stereocenters. The maximum absolute atomic E-state index is 5.88. The molecule has 1 rings (SSSR count). The molecule has 0 amide bonds. The highest BCUT2D eigenvalue weighted by atomic mass is 35.6. The number of hydrogen-bond donors (Lipinski definition) is 0. The molecule has 0 aliphatic rings. The summed E-state index contributed by atoms with van der Waals surface area (Å²) in [6.07, 6.45) is 1.78. The maximum atomic E-state index is 5.88. The third-order valence-electron chi connectivity index (χ3n) is 1.10. The average molecular weight is 158 g/mol. The van der Waals surface area contributed by atoms with Gasteiger partial charge in [0.15, 0.2) is 8.11 Å². The van der Waals surface area contributed by atoms with Gasteiger partial charge in [0.25, 0.3) is 0 Å². The van der Waals surface area contributed by atoms with Crippen molar-refractivity contribution >= 4 is 24.5 Å². The lowest BCUT2D eigenvalue weighted by atomic mass is 10.5. The average Bonchev–Trinajstić information content (AvgIpc) is 1.90. The third kappa shape index (κ3) is 1.80. The highest BCUT2D eigenvalue weighted by Gasteiger charge is 2.00. The lowest BCUT2D eigenvalue weighted by Gasteiger charge is -1.96. The molecule has 0 aromatic carbocycles. The Kier molecular flexibility index (Phi) is 2.25. The summed E-state index contributed by atoms with van der Waals surface area (Å²) < 4.78 is 0. The molecule has 0 bridgehead atoms. The molecule has 1 aromatic heterocycles. The Hall–Kier alpha value is -0.343. The molecule has 0 saturated heterocycles. The van der Waals surface area contributed by atoms with Crippen LogP contribution in [0.1, 0.15) is 0 Å². The zero-order valence-electron chi connectivity index (χ0n) is 5.21. The van der Waals surface area contributed by atoms with Crippen LogP contribution in [0.2, 0.25) is 6.55 Å². The zero-order valence-corrected chi connectivity index (χ0v) is 7.12. The predicted molar refractivity (Wildman–Crippen MR) is 42.7 cm³/mol. The summed E-state index contributed by atoms with van der Waals surface area (Å²) in [5.74, 6) is 0. The fourth-order valence-corrected chi connectivity index (χ4v) is 1.67. The Morgan fingerprint density at radius 2 is 2.33 bits per heavy atom. The van der Waals surface area contributed by atoms with Crippen molar-refractivity contribution in [1.82, 2.24) is 4.98 Å². The zero-order chi connectivity index (χ0) is 6.69. The van der Waals surface area contributed by atoms with Crippen LogP contribution in [0.5, 0.6) is 0 Å². The van der Waals surface area contributed by atoms with E-state index in [1.165, 1.54) is 0 Å². The Bertz CT molecular complexity index is 176. The Morgan fingerprint density at radius 3 is 2.67 bits per heavy atom. The molecule has 0 spiro atoms. The lowest BCUT2D eigenvalue weighted by molar-refractivity contribution is 1.38. The van der Waals surface area contributed by atoms with Gasteiger partial charge in [-0.05, 0) is 12.1 Å². The summed E-state index contributed by atoms with van der Waals surface area (Å²) in [5.41, 5.74) is 0. The van der Waals surface area contributed by atoms with Crippen molar-refractivity contribution in [3.63, 3.8) is 0 Å². The minimum absolute atomic E-state index is 1.07. The van der Waals surface area contributed by atoms with Gasteiger partial charge in [-0.15, -0.1) is 0 Å². The van der Waals surface area contributed by atoms with Crippen LogP contribution in [0.15, 0.2) is 24.4 Å². The van der Waals surface area contributed by atoms with Crippen LogP contribution in [0.4, 0.5) is 0 Å². The second-order valence-corrected chi connectivity index (χ2v) is 5.66. The number of halogens is 1. The molecule has 0 aliphatic heterocycles. The first-order valence-corrected chi connectivity index (χ1v) is 6.33. The first kappa shape index (κ1) is 6.77. The molecule has 9 heavy (non-hydrogen) atoms. The number of rotatable bonds is 1. The van der Waals surface area contributed by atoms with E-state index in [0.29, 0.717) is 0 Å². The molecule has 1 heterocycles. The van der Waals surface area contributed by atoms with Gasteiger partial charge in [0, 0.05) is 11.5 Å². The summed E-state index contributed by atoms with van der Waals surface area (Å²) in [7, 11) is -1.17. The van der Waals surface area contributed by atoms with Gasteiger partial charge >= 0.3 is 0 Å². The van der Waals surface area contributed by atoms with E-state index in [9.17, 15) is 0 Å². The van der Waals surface area contributed by atoms with E-state index in [-0.39, 0.29) is 0 Å². The van der Waals surface area contributed by atoms with E-state index in [1.807, 2.05) is 24.7 Å². The van der Waals surface area contributed by atoms with Crippen LogP contribution in [0.3, 0.4) is 0 Å². The van der Waals surface area contributed by atoms with Gasteiger partial charge in [0.1, 0.15) is 0 Å². The molecular formula is C6H8ClNSi. The molecule has 48 valence electrons. The fourth-order valence-electron chi connectivity index (χ4n) is 0.611. The summed E-state index contributed by atoms with van der Waals surface area (Å²) >= 11 is 5.88. The minimum atomic E-state index is -1.17. The second kappa shape index (κ2) is 2.99. The summed E-state index contributed by atoms with van der Waals surface area (Å²) in [6, 6.07) is 5.84. The molecule has 1 aromatic rings. The SMILES string of the molecule is C[SiH](Cl)c1ccccn1. The highest BCUT2D eigenvalue weighted by Crippen LogP contribution is 1.87. The van der Waals surface area contributed by atoms with Gasteiger partial charge in [0.05, 0.1) is 0 Å². The summed E-state index contributed by atoms with van der Waals surface area (Å²) in [6.45, 7) is 2.05. The van der Waals surface area contributed by atoms with Crippen LogP contribution in [-0.2, 0) is 0 Å². The molecule has 0 fully saturated rings. The monoisotopic (exact) mass is 157 g/mol. The van der Waals surface area contributed by atoms with Crippen LogP contribution in [-0.4, -0.2) is 13.1 Å². The fraction of sp³-hybridized carbons (Fsp3) is 0.167. The topological polar surface area (TPSA) is 12.9 Å². The predicted octanol–water partition coefficient (Wildman–Crippen LogP) is 0.881. The van der Waals surface area contributed by atoms with Crippen molar-refractivity contribution in [3.8, 4) is 0 Å². The minimum Gasteiger partial charge on any atom is -0.265 e. The van der Waals surface area contributed by atoms with Gasteiger partial charge in [0.2, 0.25) is 0 Å². The number of pyridine rings is 1. The van der Waals surface area contributed by atoms with Gasteiger partial charge in [-0.1, -0.05) is 12.6 Å². The summed E-state index contributed by atoms with van der Waals surface area (Å²) in [4.78, 5) is 4.11. The second-order valence-electron chi connectivity index (χ2n) is 1.87. The van der Waals surface area contributed by atoms with E-state index in [1.54, 1.807) is 6.20 Å². The molecule has 0 N–H and O–H groups in total. The van der Waals surface area contributed by atoms with E-state index in [4.69, 9.17) is 11.1 Å².